The second-order valence-corrected chi connectivity index (χ2v) is 6.36. The van der Waals surface area contributed by atoms with Crippen LogP contribution in [0, 0.1) is 0 Å². The van der Waals surface area contributed by atoms with Gasteiger partial charge in [-0.25, -0.2) is 0 Å². The standard InChI is InChI=1S/C18H23ClN4/c1-2-20-15-6-10-23(11-7-15)12-9-22-17-5-8-21-18-13-14(19)3-4-16(17)18/h2-5,8,13,15H,6-7,9-12H2,1H3,(H,21,22). The van der Waals surface area contributed by atoms with Crippen molar-refractivity contribution in [3.8, 4) is 0 Å². The van der Waals surface area contributed by atoms with E-state index in [9.17, 15) is 0 Å². The number of hydrogen-bond acceptors (Lipinski definition) is 4. The fraction of sp³-hybridized carbons (Fsp3) is 0.444. The second-order valence-electron chi connectivity index (χ2n) is 5.93. The fourth-order valence-corrected chi connectivity index (χ4v) is 3.29. The van der Waals surface area contributed by atoms with E-state index in [0.717, 1.165) is 47.8 Å². The molecule has 0 atom stereocenters. The molecule has 0 unspecified atom stereocenters. The lowest BCUT2D eigenvalue weighted by Crippen LogP contribution is -2.38. The molecule has 0 radical (unpaired) electrons. The van der Waals surface area contributed by atoms with E-state index in [-0.39, 0.29) is 0 Å². The summed E-state index contributed by atoms with van der Waals surface area (Å²) in [5, 5.41) is 5.38. The van der Waals surface area contributed by atoms with E-state index in [1.165, 1.54) is 12.8 Å². The molecular formula is C18H23ClN4. The van der Waals surface area contributed by atoms with Gasteiger partial charge in [-0.3, -0.25) is 9.98 Å². The first-order valence-corrected chi connectivity index (χ1v) is 8.62. The van der Waals surface area contributed by atoms with E-state index in [1.54, 1.807) is 0 Å². The highest BCUT2D eigenvalue weighted by atomic mass is 35.5. The average molecular weight is 331 g/mol. The highest BCUT2D eigenvalue weighted by molar-refractivity contribution is 6.31. The molecule has 1 aliphatic rings. The van der Waals surface area contributed by atoms with Gasteiger partial charge in [-0.05, 0) is 50.2 Å². The normalized spacial score (nSPS) is 17.1. The van der Waals surface area contributed by atoms with Crippen LogP contribution in [0.5, 0.6) is 0 Å². The van der Waals surface area contributed by atoms with Crippen LogP contribution in [0.1, 0.15) is 19.8 Å². The highest BCUT2D eigenvalue weighted by Gasteiger charge is 2.17. The first kappa shape index (κ1) is 16.2. The number of aromatic nitrogens is 1. The molecule has 1 fully saturated rings. The van der Waals surface area contributed by atoms with Gasteiger partial charge in [-0.15, -0.1) is 0 Å². The van der Waals surface area contributed by atoms with Gasteiger partial charge in [0.2, 0.25) is 0 Å². The quantitative estimate of drug-likeness (QED) is 0.846. The Morgan fingerprint density at radius 3 is 2.96 bits per heavy atom. The van der Waals surface area contributed by atoms with Gasteiger partial charge in [0.05, 0.1) is 11.6 Å². The van der Waals surface area contributed by atoms with Crippen LogP contribution in [0.2, 0.25) is 5.02 Å². The first-order valence-electron chi connectivity index (χ1n) is 8.24. The Morgan fingerprint density at radius 2 is 2.17 bits per heavy atom. The maximum Gasteiger partial charge on any atom is 0.0737 e. The molecule has 3 rings (SSSR count). The monoisotopic (exact) mass is 330 g/mol. The zero-order valence-electron chi connectivity index (χ0n) is 13.5. The van der Waals surface area contributed by atoms with Crippen LogP contribution in [0.15, 0.2) is 35.5 Å². The van der Waals surface area contributed by atoms with Gasteiger partial charge < -0.3 is 10.2 Å². The van der Waals surface area contributed by atoms with Gasteiger partial charge in [0.25, 0.3) is 0 Å². The number of piperidine rings is 1. The molecule has 1 aromatic carbocycles. The van der Waals surface area contributed by atoms with Crippen molar-refractivity contribution in [2.24, 2.45) is 4.99 Å². The molecule has 1 aromatic heterocycles. The van der Waals surface area contributed by atoms with Crippen LogP contribution in [0.4, 0.5) is 5.69 Å². The SMILES string of the molecule is CC=NC1CCN(CCNc2ccnc3cc(Cl)ccc23)CC1. The zero-order chi connectivity index (χ0) is 16.1. The van der Waals surface area contributed by atoms with E-state index >= 15 is 0 Å². The third kappa shape index (κ3) is 4.21. The average Bonchev–Trinajstić information content (AvgIpc) is 2.56. The van der Waals surface area contributed by atoms with Gasteiger partial charge in [-0.1, -0.05) is 11.6 Å². The third-order valence-electron chi connectivity index (χ3n) is 4.37. The summed E-state index contributed by atoms with van der Waals surface area (Å²) in [6.07, 6.45) is 6.10. The number of nitrogens with zero attached hydrogens (tertiary/aromatic N) is 3. The number of likely N-dealkylation sites (tertiary alicyclic amines) is 1. The van der Waals surface area contributed by atoms with Crippen molar-refractivity contribution in [3.05, 3.63) is 35.5 Å². The Labute approximate surface area is 142 Å². The van der Waals surface area contributed by atoms with Crippen molar-refractivity contribution >= 4 is 34.4 Å². The summed E-state index contributed by atoms with van der Waals surface area (Å²) in [7, 11) is 0. The number of rotatable bonds is 5. The molecule has 0 spiro atoms. The molecule has 1 N–H and O–H groups in total. The summed E-state index contributed by atoms with van der Waals surface area (Å²) in [5.41, 5.74) is 2.05. The van der Waals surface area contributed by atoms with Crippen LogP contribution < -0.4 is 5.32 Å². The van der Waals surface area contributed by atoms with Crippen molar-refractivity contribution in [3.63, 3.8) is 0 Å². The molecule has 0 aliphatic carbocycles. The van der Waals surface area contributed by atoms with Gasteiger partial charge >= 0.3 is 0 Å². The summed E-state index contributed by atoms with van der Waals surface area (Å²) < 4.78 is 0. The van der Waals surface area contributed by atoms with E-state index in [2.05, 4.69) is 20.2 Å². The lowest BCUT2D eigenvalue weighted by atomic mass is 10.1. The van der Waals surface area contributed by atoms with Crippen molar-refractivity contribution in [1.29, 1.82) is 0 Å². The molecular weight excluding hydrogens is 308 g/mol. The van der Waals surface area contributed by atoms with Crippen LogP contribution in [-0.2, 0) is 0 Å². The number of nitrogens with one attached hydrogen (secondary N) is 1. The maximum atomic E-state index is 6.03. The molecule has 122 valence electrons. The minimum Gasteiger partial charge on any atom is -0.383 e. The third-order valence-corrected chi connectivity index (χ3v) is 4.60. The topological polar surface area (TPSA) is 40.5 Å². The Balaban J connectivity index is 1.53. The lowest BCUT2D eigenvalue weighted by Gasteiger charge is -2.30. The molecule has 2 aromatic rings. The van der Waals surface area contributed by atoms with Crippen molar-refractivity contribution in [1.82, 2.24) is 9.88 Å². The molecule has 1 aliphatic heterocycles. The van der Waals surface area contributed by atoms with Crippen LogP contribution in [-0.4, -0.2) is 48.3 Å². The number of pyridine rings is 1. The Kier molecular flexibility index (Phi) is 5.47. The number of hydrogen-bond donors (Lipinski definition) is 1. The van der Waals surface area contributed by atoms with Crippen LogP contribution >= 0.6 is 11.6 Å². The molecule has 0 saturated carbocycles. The lowest BCUT2D eigenvalue weighted by molar-refractivity contribution is 0.221. The van der Waals surface area contributed by atoms with Crippen molar-refractivity contribution in [2.75, 3.05) is 31.5 Å². The number of halogens is 1. The number of anilines is 1. The van der Waals surface area contributed by atoms with Crippen molar-refractivity contribution < 1.29 is 0 Å². The highest BCUT2D eigenvalue weighted by Crippen LogP contribution is 2.24. The Bertz CT molecular complexity index is 678. The Morgan fingerprint density at radius 1 is 1.35 bits per heavy atom. The van der Waals surface area contributed by atoms with E-state index in [4.69, 9.17) is 11.6 Å². The summed E-state index contributed by atoms with van der Waals surface area (Å²) in [6.45, 7) is 6.26. The van der Waals surface area contributed by atoms with Gasteiger partial charge in [0.15, 0.2) is 0 Å². The Hall–Kier alpha value is -1.65. The van der Waals surface area contributed by atoms with Crippen LogP contribution in [0.3, 0.4) is 0 Å². The largest absolute Gasteiger partial charge is 0.383 e. The fourth-order valence-electron chi connectivity index (χ4n) is 3.13. The van der Waals surface area contributed by atoms with E-state index in [1.807, 2.05) is 43.6 Å². The molecule has 0 bridgehead atoms. The predicted molar refractivity (Wildman–Crippen MR) is 98.9 cm³/mol. The minimum atomic E-state index is 0.526. The zero-order valence-corrected chi connectivity index (χ0v) is 14.3. The first-order chi connectivity index (χ1) is 11.3. The van der Waals surface area contributed by atoms with Crippen molar-refractivity contribution in [2.45, 2.75) is 25.8 Å². The van der Waals surface area contributed by atoms with Gasteiger partial charge in [0.1, 0.15) is 0 Å². The number of aliphatic imine (C=N–C) groups is 1. The van der Waals surface area contributed by atoms with Gasteiger partial charge in [0, 0.05) is 48.5 Å². The number of benzene rings is 1. The smallest absolute Gasteiger partial charge is 0.0737 e. The summed E-state index contributed by atoms with van der Waals surface area (Å²) in [5.74, 6) is 0. The summed E-state index contributed by atoms with van der Waals surface area (Å²) in [6, 6.07) is 8.40. The predicted octanol–water partition coefficient (Wildman–Crippen LogP) is 3.86. The summed E-state index contributed by atoms with van der Waals surface area (Å²) >= 11 is 6.03. The number of fused-ring (bicyclic) bond motifs is 1. The molecule has 1 saturated heterocycles. The summed E-state index contributed by atoms with van der Waals surface area (Å²) in [4.78, 5) is 11.4. The van der Waals surface area contributed by atoms with Gasteiger partial charge in [-0.2, -0.15) is 0 Å². The van der Waals surface area contributed by atoms with E-state index < -0.39 is 0 Å². The maximum absolute atomic E-state index is 6.03. The molecule has 4 nitrogen and oxygen atoms in total. The second kappa shape index (κ2) is 7.75. The molecule has 5 heteroatoms. The van der Waals surface area contributed by atoms with Crippen LogP contribution in [0.25, 0.3) is 10.9 Å². The van der Waals surface area contributed by atoms with E-state index in [0.29, 0.717) is 6.04 Å². The molecule has 2 heterocycles. The molecule has 23 heavy (non-hydrogen) atoms. The molecule has 0 amide bonds. The minimum absolute atomic E-state index is 0.526.